The lowest BCUT2D eigenvalue weighted by Crippen LogP contribution is -2.24. The number of carbonyl (C=O) groups excluding carboxylic acids is 1. The fourth-order valence-electron chi connectivity index (χ4n) is 3.43. The first kappa shape index (κ1) is 31.0. The van der Waals surface area contributed by atoms with Crippen LogP contribution in [0.4, 0.5) is 0 Å². The van der Waals surface area contributed by atoms with Gasteiger partial charge in [0.2, 0.25) is 5.91 Å². The van der Waals surface area contributed by atoms with Crippen LogP contribution in [0.2, 0.25) is 10.0 Å². The molecule has 1 aliphatic heterocycles. The molecule has 0 radical (unpaired) electrons. The van der Waals surface area contributed by atoms with Crippen molar-refractivity contribution in [2.45, 2.75) is 38.0 Å². The maximum absolute atomic E-state index is 11.4. The van der Waals surface area contributed by atoms with Crippen LogP contribution in [0.5, 0.6) is 0 Å². The summed E-state index contributed by atoms with van der Waals surface area (Å²) in [5.41, 5.74) is 5.46. The first-order valence-electron chi connectivity index (χ1n) is 12.2. The van der Waals surface area contributed by atoms with Crippen molar-refractivity contribution in [3.8, 4) is 12.8 Å². The van der Waals surface area contributed by atoms with Crippen LogP contribution in [0.3, 0.4) is 0 Å². The van der Waals surface area contributed by atoms with Crippen LogP contribution in [0.1, 0.15) is 43.4 Å². The summed E-state index contributed by atoms with van der Waals surface area (Å²) in [5.74, 6) is 0.0728. The zero-order valence-electron chi connectivity index (χ0n) is 21.7. The Morgan fingerprint density at radius 2 is 1.58 bits per heavy atom. The number of hydrogen-bond acceptors (Lipinski definition) is 3. The van der Waals surface area contributed by atoms with E-state index in [4.69, 9.17) is 28.2 Å². The average molecular weight is 564 g/mol. The van der Waals surface area contributed by atoms with E-state index in [1.165, 1.54) is 16.0 Å². The summed E-state index contributed by atoms with van der Waals surface area (Å²) >= 11 is 13.5. The molecule has 0 aliphatic carbocycles. The van der Waals surface area contributed by atoms with Crippen molar-refractivity contribution in [3.05, 3.63) is 123 Å². The lowest BCUT2D eigenvalue weighted by molar-refractivity contribution is -0.120. The molecule has 0 unspecified atom stereocenters. The van der Waals surface area contributed by atoms with Gasteiger partial charge in [-0.25, -0.2) is 0 Å². The molecule has 1 amide bonds. The molecule has 1 N–H and O–H groups in total. The van der Waals surface area contributed by atoms with Crippen LogP contribution < -0.4 is 5.32 Å². The summed E-state index contributed by atoms with van der Waals surface area (Å²) in [6.45, 7) is 4.74. The molecule has 0 saturated heterocycles. The molecule has 0 bridgehead atoms. The average Bonchev–Trinajstić information content (AvgIpc) is 3.11. The Kier molecular flexibility index (Phi) is 14.1. The lowest BCUT2D eigenvalue weighted by Gasteiger charge is -2.09. The van der Waals surface area contributed by atoms with Gasteiger partial charge >= 0.3 is 0 Å². The Bertz CT molecular complexity index is 1280. The fourth-order valence-corrected chi connectivity index (χ4v) is 4.48. The van der Waals surface area contributed by atoms with Crippen molar-refractivity contribution in [2.24, 2.45) is 4.99 Å². The highest BCUT2D eigenvalue weighted by Crippen LogP contribution is 2.31. The fraction of sp³-hybridized carbons (Fsp3) is 0.188. The van der Waals surface area contributed by atoms with Gasteiger partial charge in [-0.15, -0.1) is 12.8 Å². The molecule has 1 heterocycles. The summed E-state index contributed by atoms with van der Waals surface area (Å²) < 4.78 is 0. The van der Waals surface area contributed by atoms with E-state index in [9.17, 15) is 4.79 Å². The van der Waals surface area contributed by atoms with E-state index in [1.54, 1.807) is 11.8 Å². The van der Waals surface area contributed by atoms with Gasteiger partial charge in [0.15, 0.2) is 0 Å². The summed E-state index contributed by atoms with van der Waals surface area (Å²) in [6.07, 6.45) is 14.2. The quantitative estimate of drug-likeness (QED) is 0.231. The van der Waals surface area contributed by atoms with Crippen LogP contribution >= 0.6 is 35.0 Å². The third kappa shape index (κ3) is 10.6. The van der Waals surface area contributed by atoms with Crippen molar-refractivity contribution in [1.29, 1.82) is 0 Å². The van der Waals surface area contributed by atoms with E-state index < -0.39 is 0 Å². The Morgan fingerprint density at radius 3 is 2.24 bits per heavy atom. The maximum Gasteiger partial charge on any atom is 0.223 e. The molecule has 0 spiro atoms. The second kappa shape index (κ2) is 17.3. The maximum atomic E-state index is 11.4. The summed E-state index contributed by atoms with van der Waals surface area (Å²) in [4.78, 5) is 17.3. The monoisotopic (exact) mass is 562 g/mol. The number of terminal acetylenes is 1. The molecular weight excluding hydrogens is 531 g/mol. The number of hydrogen-bond donors (Lipinski definition) is 1. The smallest absolute Gasteiger partial charge is 0.223 e. The number of rotatable bonds is 7. The Morgan fingerprint density at radius 1 is 0.947 bits per heavy atom. The number of carbonyl (C=O) groups is 1. The van der Waals surface area contributed by atoms with Gasteiger partial charge in [0.25, 0.3) is 0 Å². The zero-order chi connectivity index (χ0) is 27.8. The second-order valence-electron chi connectivity index (χ2n) is 8.15. The van der Waals surface area contributed by atoms with Crippen LogP contribution in [0.15, 0.2) is 106 Å². The summed E-state index contributed by atoms with van der Waals surface area (Å²) in [5, 5.41) is 6.45. The van der Waals surface area contributed by atoms with E-state index >= 15 is 0 Å². The van der Waals surface area contributed by atoms with E-state index in [0.29, 0.717) is 13.0 Å². The molecule has 0 aromatic heterocycles. The highest BCUT2D eigenvalue weighted by molar-refractivity contribution is 8.02. The summed E-state index contributed by atoms with van der Waals surface area (Å²) in [6, 6.07) is 23.9. The lowest BCUT2D eigenvalue weighted by atomic mass is 10.0. The van der Waals surface area contributed by atoms with Gasteiger partial charge in [0.1, 0.15) is 0 Å². The first-order chi connectivity index (χ1) is 18.5. The first-order valence-corrected chi connectivity index (χ1v) is 13.9. The minimum absolute atomic E-state index is 0.0728. The predicted octanol–water partition coefficient (Wildman–Crippen LogP) is 8.75. The van der Waals surface area contributed by atoms with Crippen LogP contribution in [-0.4, -0.2) is 18.2 Å². The van der Waals surface area contributed by atoms with E-state index in [2.05, 4.69) is 48.7 Å². The molecule has 38 heavy (non-hydrogen) atoms. The minimum Gasteiger partial charge on any atom is -0.356 e. The molecule has 0 atom stereocenters. The van der Waals surface area contributed by atoms with Crippen LogP contribution in [-0.2, 0) is 11.2 Å². The van der Waals surface area contributed by atoms with Gasteiger partial charge in [-0.05, 0) is 61.1 Å². The van der Waals surface area contributed by atoms with Crippen LogP contribution in [0.25, 0.3) is 0 Å². The number of allylic oxidation sites excluding steroid dienone is 2. The molecule has 0 fully saturated rings. The molecule has 1 aliphatic rings. The van der Waals surface area contributed by atoms with Gasteiger partial charge in [0.05, 0.1) is 5.71 Å². The highest BCUT2D eigenvalue weighted by Gasteiger charge is 2.14. The Balaban J connectivity index is 0.000000253. The molecule has 3 aromatic rings. The highest BCUT2D eigenvalue weighted by atomic mass is 35.5. The molecule has 196 valence electrons. The van der Waals surface area contributed by atoms with E-state index in [1.807, 2.05) is 73.7 Å². The predicted molar refractivity (Wildman–Crippen MR) is 165 cm³/mol. The molecule has 0 saturated carbocycles. The molecule has 4 rings (SSSR count). The van der Waals surface area contributed by atoms with Crippen LogP contribution in [0, 0.1) is 12.8 Å². The standard InChI is InChI=1S/C16H12ClNS.C14H18ClNO.C2H2/c1-11-10-19-15-5-3-2-4-14(15)16(18-11)12-6-8-13(17)9-7-12;1-2-3-4-5-14(17)16-11-10-12-6-8-13(15)9-7-12;1-2/h2-10H,1H3;3-4,6-9H,2,5,10-11H2,1H3,(H,16,17);1-2H/b;4-3-;. The van der Waals surface area contributed by atoms with Gasteiger partial charge < -0.3 is 5.32 Å². The van der Waals surface area contributed by atoms with Gasteiger partial charge in [0, 0.05) is 44.7 Å². The van der Waals surface area contributed by atoms with E-state index in [0.717, 1.165) is 39.9 Å². The largest absolute Gasteiger partial charge is 0.356 e. The third-order valence-electron chi connectivity index (χ3n) is 5.26. The number of nitrogens with zero attached hydrogens (tertiary/aromatic N) is 1. The number of nitrogens with one attached hydrogen (secondary N) is 1. The number of benzene rings is 3. The van der Waals surface area contributed by atoms with Crippen molar-refractivity contribution < 1.29 is 4.79 Å². The van der Waals surface area contributed by atoms with E-state index in [-0.39, 0.29) is 5.91 Å². The summed E-state index contributed by atoms with van der Waals surface area (Å²) in [7, 11) is 0. The SMILES string of the molecule is C#C.CC/C=C\CC(=O)NCCc1ccc(Cl)cc1.CC1=CSc2ccccc2C(c2ccc(Cl)cc2)=N1. The third-order valence-corrected chi connectivity index (χ3v) is 6.83. The number of aliphatic imine (C=N–C) groups is 1. The molecule has 6 heteroatoms. The zero-order valence-corrected chi connectivity index (χ0v) is 24.0. The number of fused-ring (bicyclic) bond motifs is 1. The number of thioether (sulfide) groups is 1. The second-order valence-corrected chi connectivity index (χ2v) is 9.93. The molecular formula is C32H32Cl2N2OS. The van der Waals surface area contributed by atoms with Crippen molar-refractivity contribution in [1.82, 2.24) is 5.32 Å². The van der Waals surface area contributed by atoms with Crippen molar-refractivity contribution >= 4 is 46.6 Å². The Labute approximate surface area is 241 Å². The topological polar surface area (TPSA) is 41.5 Å². The van der Waals surface area contributed by atoms with Gasteiger partial charge in [-0.2, -0.15) is 0 Å². The normalized spacial score (nSPS) is 11.9. The number of halogens is 2. The number of amides is 1. The molecule has 3 aromatic carbocycles. The molecule has 3 nitrogen and oxygen atoms in total. The van der Waals surface area contributed by atoms with Gasteiger partial charge in [-0.1, -0.05) is 96.5 Å². The Hall–Kier alpha value is -3.23. The van der Waals surface area contributed by atoms with Crippen molar-refractivity contribution in [2.75, 3.05) is 6.54 Å². The van der Waals surface area contributed by atoms with Crippen molar-refractivity contribution in [3.63, 3.8) is 0 Å². The van der Waals surface area contributed by atoms with Gasteiger partial charge in [-0.3, -0.25) is 9.79 Å². The minimum atomic E-state index is 0.0728.